The van der Waals surface area contributed by atoms with Crippen molar-refractivity contribution in [1.82, 2.24) is 19.4 Å². The molecule has 5 rings (SSSR count). The van der Waals surface area contributed by atoms with E-state index in [2.05, 4.69) is 42.5 Å². The number of aromatic nitrogens is 3. The molecular weight excluding hydrogens is 388 g/mol. The summed E-state index contributed by atoms with van der Waals surface area (Å²) in [4.78, 5) is 14.1. The summed E-state index contributed by atoms with van der Waals surface area (Å²) < 4.78 is 7.55. The lowest BCUT2D eigenvalue weighted by Gasteiger charge is -2.35. The second-order valence-corrected chi connectivity index (χ2v) is 8.36. The van der Waals surface area contributed by atoms with E-state index in [0.717, 1.165) is 98.8 Å². The fraction of sp³-hybridized carbons (Fsp3) is 0.458. The number of ether oxygens (including phenoxy) is 1. The summed E-state index contributed by atoms with van der Waals surface area (Å²) in [6.07, 6.45) is 5.91. The first kappa shape index (κ1) is 19.8. The Balaban J connectivity index is 1.29. The highest BCUT2D eigenvalue weighted by Gasteiger charge is 2.27. The fourth-order valence-corrected chi connectivity index (χ4v) is 4.89. The molecule has 0 bridgehead atoms. The third kappa shape index (κ3) is 3.72. The Kier molecular flexibility index (Phi) is 5.47. The molecular formula is C24H28N6O. The fourth-order valence-electron chi connectivity index (χ4n) is 4.89. The van der Waals surface area contributed by atoms with E-state index in [4.69, 9.17) is 4.74 Å². The summed E-state index contributed by atoms with van der Waals surface area (Å²) >= 11 is 0. The number of fused-ring (bicyclic) bond motifs is 3. The van der Waals surface area contributed by atoms with Crippen molar-refractivity contribution < 1.29 is 4.74 Å². The largest absolute Gasteiger partial charge is 0.497 e. The van der Waals surface area contributed by atoms with E-state index in [1.54, 1.807) is 13.4 Å². The van der Waals surface area contributed by atoms with Gasteiger partial charge in [-0.1, -0.05) is 12.1 Å². The number of aryl methyl sites for hydroxylation is 1. The summed E-state index contributed by atoms with van der Waals surface area (Å²) in [5, 5.41) is 9.75. The molecule has 0 saturated carbocycles. The topological polar surface area (TPSA) is 70.2 Å². The maximum atomic E-state index is 9.75. The molecule has 0 N–H and O–H groups in total. The van der Waals surface area contributed by atoms with E-state index in [1.165, 1.54) is 5.56 Å². The maximum Gasteiger partial charge on any atom is 0.156 e. The van der Waals surface area contributed by atoms with Gasteiger partial charge in [0.25, 0.3) is 0 Å². The second-order valence-electron chi connectivity index (χ2n) is 8.36. The Labute approximate surface area is 182 Å². The number of nitrogens with zero attached hydrogens (tertiary/aromatic N) is 6. The maximum absolute atomic E-state index is 9.75. The van der Waals surface area contributed by atoms with E-state index in [1.807, 2.05) is 12.1 Å². The van der Waals surface area contributed by atoms with Crippen LogP contribution in [0.4, 0.5) is 5.82 Å². The van der Waals surface area contributed by atoms with Crippen molar-refractivity contribution in [3.63, 3.8) is 0 Å². The summed E-state index contributed by atoms with van der Waals surface area (Å²) in [6, 6.07) is 10.8. The van der Waals surface area contributed by atoms with Crippen LogP contribution in [-0.4, -0.2) is 59.3 Å². The smallest absolute Gasteiger partial charge is 0.156 e. The van der Waals surface area contributed by atoms with Crippen LogP contribution in [0.5, 0.6) is 5.75 Å². The molecule has 0 aliphatic carbocycles. The molecule has 1 aromatic carbocycles. The summed E-state index contributed by atoms with van der Waals surface area (Å²) in [7, 11) is 1.70. The normalized spacial score (nSPS) is 16.8. The Morgan fingerprint density at radius 1 is 1.03 bits per heavy atom. The second kappa shape index (κ2) is 8.56. The van der Waals surface area contributed by atoms with Crippen molar-refractivity contribution in [3.05, 3.63) is 47.4 Å². The number of piperazine rings is 1. The quantitative estimate of drug-likeness (QED) is 0.637. The molecule has 7 heteroatoms. The minimum atomic E-state index is 0.747. The van der Waals surface area contributed by atoms with Crippen molar-refractivity contribution in [2.45, 2.75) is 32.2 Å². The average molecular weight is 417 g/mol. The van der Waals surface area contributed by atoms with Gasteiger partial charge in [0.15, 0.2) is 5.82 Å². The highest BCUT2D eigenvalue weighted by Crippen LogP contribution is 2.34. The Morgan fingerprint density at radius 3 is 2.58 bits per heavy atom. The van der Waals surface area contributed by atoms with Gasteiger partial charge in [-0.2, -0.15) is 5.26 Å². The van der Waals surface area contributed by atoms with Crippen molar-refractivity contribution in [3.8, 4) is 11.8 Å². The van der Waals surface area contributed by atoms with E-state index < -0.39 is 0 Å². The molecule has 1 saturated heterocycles. The third-order valence-corrected chi connectivity index (χ3v) is 6.63. The summed E-state index contributed by atoms with van der Waals surface area (Å²) in [5.74, 6) is 1.89. The zero-order chi connectivity index (χ0) is 21.2. The first-order valence-electron chi connectivity index (χ1n) is 11.1. The lowest BCUT2D eigenvalue weighted by molar-refractivity contribution is 0.260. The first-order valence-corrected chi connectivity index (χ1v) is 11.1. The van der Waals surface area contributed by atoms with Crippen LogP contribution in [-0.2, 0) is 19.4 Å². The van der Waals surface area contributed by atoms with E-state index >= 15 is 0 Å². The number of hydrogen-bond donors (Lipinski definition) is 0. The van der Waals surface area contributed by atoms with Gasteiger partial charge in [-0.05, 0) is 43.4 Å². The zero-order valence-corrected chi connectivity index (χ0v) is 18.0. The van der Waals surface area contributed by atoms with Gasteiger partial charge in [0, 0.05) is 45.0 Å². The highest BCUT2D eigenvalue weighted by atomic mass is 16.5. The van der Waals surface area contributed by atoms with Gasteiger partial charge >= 0.3 is 0 Å². The number of benzene rings is 1. The van der Waals surface area contributed by atoms with Crippen LogP contribution in [0.15, 0.2) is 30.6 Å². The Hall–Kier alpha value is -3.11. The molecule has 31 heavy (non-hydrogen) atoms. The van der Waals surface area contributed by atoms with Crippen LogP contribution >= 0.6 is 0 Å². The first-order chi connectivity index (χ1) is 15.3. The van der Waals surface area contributed by atoms with Crippen LogP contribution < -0.4 is 9.64 Å². The number of anilines is 1. The summed E-state index contributed by atoms with van der Waals surface area (Å²) in [5.41, 5.74) is 5.11. The predicted molar refractivity (Wildman–Crippen MR) is 121 cm³/mol. The van der Waals surface area contributed by atoms with Gasteiger partial charge < -0.3 is 14.2 Å². The Morgan fingerprint density at radius 2 is 1.84 bits per heavy atom. The van der Waals surface area contributed by atoms with Gasteiger partial charge in [-0.25, -0.2) is 9.97 Å². The molecule has 0 amide bonds. The molecule has 1 fully saturated rings. The Bertz CT molecular complexity index is 1110. The molecule has 3 aromatic rings. The van der Waals surface area contributed by atoms with Crippen LogP contribution in [0.1, 0.15) is 29.7 Å². The third-order valence-electron chi connectivity index (χ3n) is 6.63. The van der Waals surface area contributed by atoms with Gasteiger partial charge in [0.05, 0.1) is 12.7 Å². The SMILES string of the molecule is COc1ccc(CCN2CCN(c3ncnc4c(C#N)c5n(c34)CCCC5)CC2)cc1. The number of methoxy groups -OCH3 is 1. The molecule has 7 nitrogen and oxygen atoms in total. The molecule has 0 radical (unpaired) electrons. The molecule has 0 unspecified atom stereocenters. The molecule has 2 aromatic heterocycles. The number of nitriles is 1. The minimum Gasteiger partial charge on any atom is -0.497 e. The highest BCUT2D eigenvalue weighted by molar-refractivity contribution is 5.92. The van der Waals surface area contributed by atoms with E-state index in [9.17, 15) is 5.26 Å². The standard InChI is InChI=1S/C24H28N6O/c1-31-19-7-5-18(6-8-19)9-11-28-12-14-29(15-13-28)24-23-22(26-17-27-24)20(16-25)21-4-2-3-10-30(21)23/h5-8,17H,2-4,9-15H2,1H3. The molecule has 2 aliphatic rings. The molecule has 0 spiro atoms. The monoisotopic (exact) mass is 416 g/mol. The molecule has 0 atom stereocenters. The van der Waals surface area contributed by atoms with Gasteiger partial charge in [-0.3, -0.25) is 4.90 Å². The van der Waals surface area contributed by atoms with Crippen molar-refractivity contribution >= 4 is 16.9 Å². The van der Waals surface area contributed by atoms with Crippen molar-refractivity contribution in [2.75, 3.05) is 44.7 Å². The minimum absolute atomic E-state index is 0.747. The van der Waals surface area contributed by atoms with Gasteiger partial charge in [0.2, 0.25) is 0 Å². The summed E-state index contributed by atoms with van der Waals surface area (Å²) in [6.45, 7) is 5.92. The average Bonchev–Trinajstić information content (AvgIpc) is 3.17. The van der Waals surface area contributed by atoms with Gasteiger partial charge in [-0.15, -0.1) is 0 Å². The number of hydrogen-bond acceptors (Lipinski definition) is 6. The predicted octanol–water partition coefficient (Wildman–Crippen LogP) is 3.01. The molecule has 160 valence electrons. The van der Waals surface area contributed by atoms with Gasteiger partial charge in [0.1, 0.15) is 29.2 Å². The molecule has 2 aliphatic heterocycles. The van der Waals surface area contributed by atoms with Crippen LogP contribution in [0.3, 0.4) is 0 Å². The zero-order valence-electron chi connectivity index (χ0n) is 18.0. The number of rotatable bonds is 5. The van der Waals surface area contributed by atoms with E-state index in [0.29, 0.717) is 0 Å². The van der Waals surface area contributed by atoms with Crippen LogP contribution in [0, 0.1) is 11.3 Å². The van der Waals surface area contributed by atoms with Crippen LogP contribution in [0.2, 0.25) is 0 Å². The van der Waals surface area contributed by atoms with Crippen LogP contribution in [0.25, 0.3) is 11.0 Å². The lowest BCUT2D eigenvalue weighted by Crippen LogP contribution is -2.47. The van der Waals surface area contributed by atoms with Crippen molar-refractivity contribution in [2.24, 2.45) is 0 Å². The lowest BCUT2D eigenvalue weighted by atomic mass is 10.1. The molecule has 4 heterocycles. The van der Waals surface area contributed by atoms with Crippen molar-refractivity contribution in [1.29, 1.82) is 5.26 Å². The van der Waals surface area contributed by atoms with E-state index in [-0.39, 0.29) is 0 Å².